The zero-order valence-corrected chi connectivity index (χ0v) is 11.7. The van der Waals surface area contributed by atoms with Crippen LogP contribution in [0.5, 0.6) is 0 Å². The first kappa shape index (κ1) is 15.2. The number of benzene rings is 1. The van der Waals surface area contributed by atoms with Crippen molar-refractivity contribution < 1.29 is 14.7 Å². The summed E-state index contributed by atoms with van der Waals surface area (Å²) < 4.78 is 0. The second-order valence-corrected chi connectivity index (χ2v) is 5.00. The number of hydrogen-bond donors (Lipinski definition) is 1. The number of carboxylic acid groups (broad SMARTS) is 1. The number of carbonyl (C=O) groups is 2. The normalized spacial score (nSPS) is 11.9. The van der Waals surface area contributed by atoms with Gasteiger partial charge in [0.05, 0.1) is 6.42 Å². The summed E-state index contributed by atoms with van der Waals surface area (Å²) in [4.78, 5) is 24.1. The molecular formula is C15H21NO3. The van der Waals surface area contributed by atoms with Gasteiger partial charge in [-0.15, -0.1) is 0 Å². The smallest absolute Gasteiger partial charge is 0.304 e. The van der Waals surface area contributed by atoms with Gasteiger partial charge in [0.15, 0.2) is 0 Å². The number of amides is 1. The van der Waals surface area contributed by atoms with Gasteiger partial charge in [-0.2, -0.15) is 0 Å². The van der Waals surface area contributed by atoms with Crippen molar-refractivity contribution >= 4 is 11.9 Å². The van der Waals surface area contributed by atoms with E-state index >= 15 is 0 Å². The summed E-state index contributed by atoms with van der Waals surface area (Å²) >= 11 is 0. The molecule has 4 heteroatoms. The van der Waals surface area contributed by atoms with Crippen LogP contribution in [0.2, 0.25) is 0 Å². The molecule has 0 aliphatic carbocycles. The Morgan fingerprint density at radius 1 is 1.37 bits per heavy atom. The first-order valence-corrected chi connectivity index (χ1v) is 6.42. The van der Waals surface area contributed by atoms with Crippen LogP contribution in [0.15, 0.2) is 24.3 Å². The third-order valence-corrected chi connectivity index (χ3v) is 3.10. The number of rotatable bonds is 6. The quantitative estimate of drug-likeness (QED) is 0.855. The standard InChI is InChI=1S/C15H21NO3/c1-11-5-4-6-13(9-11)7-8-16(3)15(19)12(2)10-14(17)18/h4-6,9,12H,7-8,10H2,1-3H3,(H,17,18). The van der Waals surface area contributed by atoms with Crippen molar-refractivity contribution in [3.63, 3.8) is 0 Å². The molecule has 1 amide bonds. The van der Waals surface area contributed by atoms with Crippen molar-refractivity contribution in [3.05, 3.63) is 35.4 Å². The molecule has 0 heterocycles. The van der Waals surface area contributed by atoms with Crippen LogP contribution in [0.1, 0.15) is 24.5 Å². The van der Waals surface area contributed by atoms with E-state index in [-0.39, 0.29) is 12.3 Å². The molecule has 0 radical (unpaired) electrons. The van der Waals surface area contributed by atoms with Crippen molar-refractivity contribution in [2.75, 3.05) is 13.6 Å². The maximum atomic E-state index is 11.9. The molecule has 0 saturated carbocycles. The van der Waals surface area contributed by atoms with Gasteiger partial charge in [0.2, 0.25) is 5.91 Å². The molecule has 0 bridgehead atoms. The van der Waals surface area contributed by atoms with Crippen LogP contribution in [0, 0.1) is 12.8 Å². The van der Waals surface area contributed by atoms with Gasteiger partial charge >= 0.3 is 5.97 Å². The summed E-state index contributed by atoms with van der Waals surface area (Å²) in [5.41, 5.74) is 2.39. The predicted molar refractivity (Wildman–Crippen MR) is 73.9 cm³/mol. The molecule has 0 aliphatic heterocycles. The van der Waals surface area contributed by atoms with Gasteiger partial charge < -0.3 is 10.0 Å². The van der Waals surface area contributed by atoms with Crippen LogP contribution in [-0.4, -0.2) is 35.5 Å². The highest BCUT2D eigenvalue weighted by Crippen LogP contribution is 2.09. The lowest BCUT2D eigenvalue weighted by molar-refractivity contribution is -0.143. The molecule has 1 aromatic rings. The number of carbonyl (C=O) groups excluding carboxylic acids is 1. The Balaban J connectivity index is 2.48. The molecule has 0 spiro atoms. The first-order chi connectivity index (χ1) is 8.90. The van der Waals surface area contributed by atoms with E-state index in [9.17, 15) is 9.59 Å². The maximum absolute atomic E-state index is 11.9. The largest absolute Gasteiger partial charge is 0.481 e. The number of carboxylic acids is 1. The van der Waals surface area contributed by atoms with Crippen molar-refractivity contribution in [3.8, 4) is 0 Å². The van der Waals surface area contributed by atoms with Gasteiger partial charge in [-0.1, -0.05) is 36.8 Å². The molecule has 1 unspecified atom stereocenters. The maximum Gasteiger partial charge on any atom is 0.304 e. The molecule has 1 atom stereocenters. The highest BCUT2D eigenvalue weighted by Gasteiger charge is 2.19. The van der Waals surface area contributed by atoms with Crippen LogP contribution >= 0.6 is 0 Å². The van der Waals surface area contributed by atoms with Crippen molar-refractivity contribution in [2.24, 2.45) is 5.92 Å². The summed E-state index contributed by atoms with van der Waals surface area (Å²) in [5.74, 6) is -1.53. The zero-order chi connectivity index (χ0) is 14.4. The molecule has 0 aliphatic rings. The van der Waals surface area contributed by atoms with E-state index in [1.54, 1.807) is 18.9 Å². The van der Waals surface area contributed by atoms with Gasteiger partial charge in [-0.3, -0.25) is 9.59 Å². The molecule has 104 valence electrons. The molecule has 4 nitrogen and oxygen atoms in total. The highest BCUT2D eigenvalue weighted by molar-refractivity contribution is 5.82. The third-order valence-electron chi connectivity index (χ3n) is 3.10. The van der Waals surface area contributed by atoms with E-state index in [4.69, 9.17) is 5.11 Å². The molecule has 19 heavy (non-hydrogen) atoms. The minimum absolute atomic E-state index is 0.116. The van der Waals surface area contributed by atoms with Crippen molar-refractivity contribution in [1.82, 2.24) is 4.90 Å². The van der Waals surface area contributed by atoms with Crippen LogP contribution in [-0.2, 0) is 16.0 Å². The minimum Gasteiger partial charge on any atom is -0.481 e. The molecule has 1 rings (SSSR count). The lowest BCUT2D eigenvalue weighted by atomic mass is 10.1. The van der Waals surface area contributed by atoms with Gasteiger partial charge in [0.1, 0.15) is 0 Å². The van der Waals surface area contributed by atoms with E-state index in [0.717, 1.165) is 6.42 Å². The summed E-state index contributed by atoms with van der Waals surface area (Å²) in [6, 6.07) is 8.16. The van der Waals surface area contributed by atoms with Crippen LogP contribution in [0.25, 0.3) is 0 Å². The van der Waals surface area contributed by atoms with Crippen molar-refractivity contribution in [1.29, 1.82) is 0 Å². The summed E-state index contributed by atoms with van der Waals surface area (Å²) in [5, 5.41) is 8.68. The molecule has 1 aromatic carbocycles. The lowest BCUT2D eigenvalue weighted by Gasteiger charge is -2.20. The summed E-state index contributed by atoms with van der Waals surface area (Å²) in [6.07, 6.45) is 0.664. The average molecular weight is 263 g/mol. The molecular weight excluding hydrogens is 242 g/mol. The number of aliphatic carboxylic acids is 1. The van der Waals surface area contributed by atoms with E-state index in [2.05, 4.69) is 6.07 Å². The van der Waals surface area contributed by atoms with E-state index < -0.39 is 11.9 Å². The lowest BCUT2D eigenvalue weighted by Crippen LogP contribution is -2.34. The summed E-state index contributed by atoms with van der Waals surface area (Å²) in [6.45, 7) is 4.29. The second-order valence-electron chi connectivity index (χ2n) is 5.00. The van der Waals surface area contributed by atoms with Crippen LogP contribution in [0.4, 0.5) is 0 Å². The second kappa shape index (κ2) is 6.92. The van der Waals surface area contributed by atoms with Crippen LogP contribution in [0.3, 0.4) is 0 Å². The third kappa shape index (κ3) is 5.12. The Bertz CT molecular complexity index is 456. The zero-order valence-electron chi connectivity index (χ0n) is 11.7. The fourth-order valence-corrected chi connectivity index (χ4v) is 2.00. The Labute approximate surface area is 114 Å². The van der Waals surface area contributed by atoms with Gasteiger partial charge in [0.25, 0.3) is 0 Å². The fourth-order valence-electron chi connectivity index (χ4n) is 2.00. The Kier molecular flexibility index (Phi) is 5.55. The average Bonchev–Trinajstić information content (AvgIpc) is 2.34. The summed E-state index contributed by atoms with van der Waals surface area (Å²) in [7, 11) is 1.72. The Morgan fingerprint density at radius 3 is 2.63 bits per heavy atom. The SMILES string of the molecule is Cc1cccc(CCN(C)C(=O)C(C)CC(=O)O)c1. The van der Waals surface area contributed by atoms with E-state index in [1.165, 1.54) is 11.1 Å². The van der Waals surface area contributed by atoms with Gasteiger partial charge in [-0.05, 0) is 18.9 Å². The van der Waals surface area contributed by atoms with Gasteiger partial charge in [-0.25, -0.2) is 0 Å². The molecule has 1 N–H and O–H groups in total. The number of likely N-dealkylation sites (N-methyl/N-ethyl adjacent to an activating group) is 1. The van der Waals surface area contributed by atoms with Gasteiger partial charge in [0, 0.05) is 19.5 Å². The number of aryl methyl sites for hydroxylation is 1. The Morgan fingerprint density at radius 2 is 2.05 bits per heavy atom. The topological polar surface area (TPSA) is 57.6 Å². The number of hydrogen-bond acceptors (Lipinski definition) is 2. The van der Waals surface area contributed by atoms with E-state index in [0.29, 0.717) is 6.54 Å². The molecule has 0 saturated heterocycles. The van der Waals surface area contributed by atoms with Crippen molar-refractivity contribution in [2.45, 2.75) is 26.7 Å². The Hall–Kier alpha value is -1.84. The highest BCUT2D eigenvalue weighted by atomic mass is 16.4. The minimum atomic E-state index is -0.937. The molecule has 0 aromatic heterocycles. The monoisotopic (exact) mass is 263 g/mol. The fraction of sp³-hybridized carbons (Fsp3) is 0.467. The van der Waals surface area contributed by atoms with Crippen LogP contribution < -0.4 is 0 Å². The number of nitrogens with zero attached hydrogens (tertiary/aromatic N) is 1. The molecule has 0 fully saturated rings. The first-order valence-electron chi connectivity index (χ1n) is 6.42. The van der Waals surface area contributed by atoms with E-state index in [1.807, 2.05) is 25.1 Å². The predicted octanol–water partition coefficient (Wildman–Crippen LogP) is 2.11.